The lowest BCUT2D eigenvalue weighted by Crippen LogP contribution is -2.51. The van der Waals surface area contributed by atoms with Gasteiger partial charge in [-0.3, -0.25) is 9.69 Å². The summed E-state index contributed by atoms with van der Waals surface area (Å²) in [6.45, 7) is 3.78. The maximum absolute atomic E-state index is 13.4. The number of amides is 3. The number of rotatable bonds is 5. The van der Waals surface area contributed by atoms with E-state index in [0.29, 0.717) is 45.1 Å². The van der Waals surface area contributed by atoms with Crippen LogP contribution >= 0.6 is 0 Å². The van der Waals surface area contributed by atoms with E-state index in [0.717, 1.165) is 18.4 Å². The number of piperidine rings is 1. The monoisotopic (exact) mass is 440 g/mol. The molecular formula is C24H29FN4O3. The topological polar surface area (TPSA) is 73.9 Å². The molecule has 3 amide bonds. The minimum Gasteiger partial charge on any atom is -0.378 e. The second-order valence-corrected chi connectivity index (χ2v) is 8.17. The van der Waals surface area contributed by atoms with E-state index in [9.17, 15) is 14.0 Å². The van der Waals surface area contributed by atoms with E-state index >= 15 is 0 Å². The first-order chi connectivity index (χ1) is 15.6. The molecule has 2 aliphatic rings. The van der Waals surface area contributed by atoms with Crippen LogP contribution in [0.4, 0.5) is 14.9 Å². The van der Waals surface area contributed by atoms with Gasteiger partial charge in [0.05, 0.1) is 13.2 Å². The van der Waals surface area contributed by atoms with Gasteiger partial charge in [0.25, 0.3) is 0 Å². The molecule has 0 saturated carbocycles. The third kappa shape index (κ3) is 5.63. The van der Waals surface area contributed by atoms with Gasteiger partial charge in [-0.1, -0.05) is 30.3 Å². The third-order valence-electron chi connectivity index (χ3n) is 6.00. The van der Waals surface area contributed by atoms with Crippen LogP contribution in [-0.2, 0) is 9.53 Å². The van der Waals surface area contributed by atoms with Crippen molar-refractivity contribution in [2.24, 2.45) is 0 Å². The molecule has 2 aliphatic heterocycles. The van der Waals surface area contributed by atoms with Crippen LogP contribution < -0.4 is 10.6 Å². The summed E-state index contributed by atoms with van der Waals surface area (Å²) in [5, 5.41) is 5.73. The van der Waals surface area contributed by atoms with E-state index in [1.165, 1.54) is 24.3 Å². The minimum atomic E-state index is -0.345. The molecule has 0 bridgehead atoms. The van der Waals surface area contributed by atoms with Gasteiger partial charge in [0.1, 0.15) is 11.9 Å². The van der Waals surface area contributed by atoms with Crippen molar-refractivity contribution < 1.29 is 18.7 Å². The summed E-state index contributed by atoms with van der Waals surface area (Å²) < 4.78 is 18.4. The Hall–Kier alpha value is -2.97. The van der Waals surface area contributed by atoms with Crippen LogP contribution in [0.1, 0.15) is 24.4 Å². The molecule has 170 valence electrons. The summed E-state index contributed by atoms with van der Waals surface area (Å²) in [5.41, 5.74) is 1.53. The Kier molecular flexibility index (Phi) is 7.34. The number of morpholine rings is 1. The number of hydrogen-bond acceptors (Lipinski definition) is 4. The lowest BCUT2D eigenvalue weighted by atomic mass is 9.98. The number of carbonyl (C=O) groups excluding carboxylic acids is 2. The molecule has 2 N–H and O–H groups in total. The van der Waals surface area contributed by atoms with Crippen molar-refractivity contribution in [1.29, 1.82) is 0 Å². The average Bonchev–Trinajstić information content (AvgIpc) is 2.83. The zero-order valence-electron chi connectivity index (χ0n) is 18.0. The fourth-order valence-corrected chi connectivity index (χ4v) is 4.29. The molecule has 32 heavy (non-hydrogen) atoms. The maximum Gasteiger partial charge on any atom is 0.319 e. The fraction of sp³-hybridized carbons (Fsp3) is 0.417. The Balaban J connectivity index is 1.36. The van der Waals surface area contributed by atoms with Crippen LogP contribution in [0.15, 0.2) is 54.6 Å². The van der Waals surface area contributed by atoms with Gasteiger partial charge in [-0.05, 0) is 42.7 Å². The van der Waals surface area contributed by atoms with Gasteiger partial charge in [0.15, 0.2) is 0 Å². The third-order valence-corrected chi connectivity index (χ3v) is 6.00. The summed E-state index contributed by atoms with van der Waals surface area (Å²) in [6, 6.07) is 14.9. The van der Waals surface area contributed by atoms with Gasteiger partial charge in [0.2, 0.25) is 5.91 Å². The molecule has 8 heteroatoms. The Morgan fingerprint density at radius 1 is 0.938 bits per heavy atom. The molecule has 0 spiro atoms. The van der Waals surface area contributed by atoms with E-state index in [4.69, 9.17) is 4.74 Å². The Morgan fingerprint density at radius 2 is 1.59 bits per heavy atom. The normalized spacial score (nSPS) is 18.7. The number of anilines is 1. The molecule has 0 unspecified atom stereocenters. The molecule has 1 atom stereocenters. The summed E-state index contributed by atoms with van der Waals surface area (Å²) in [5.74, 6) is -0.233. The molecule has 7 nitrogen and oxygen atoms in total. The lowest BCUT2D eigenvalue weighted by molar-refractivity contribution is -0.142. The van der Waals surface area contributed by atoms with Gasteiger partial charge < -0.3 is 20.3 Å². The second kappa shape index (κ2) is 10.6. The standard InChI is InChI=1S/C24H29FN4O3/c25-19-6-8-20(9-7-19)26-24(31)27-21-10-12-28(13-11-21)22(18-4-2-1-3-5-18)23(30)29-14-16-32-17-15-29/h1-9,21-22H,10-17H2,(H2,26,27,31)/t22-/m0/s1. The number of carbonyl (C=O) groups is 2. The van der Waals surface area contributed by atoms with Gasteiger partial charge in [-0.2, -0.15) is 0 Å². The highest BCUT2D eigenvalue weighted by molar-refractivity contribution is 5.89. The Morgan fingerprint density at radius 3 is 2.25 bits per heavy atom. The highest BCUT2D eigenvalue weighted by Crippen LogP contribution is 2.27. The van der Waals surface area contributed by atoms with E-state index in [1.54, 1.807) is 0 Å². The molecule has 0 radical (unpaired) electrons. The number of nitrogens with zero attached hydrogens (tertiary/aromatic N) is 2. The molecule has 0 aromatic heterocycles. The molecule has 2 saturated heterocycles. The zero-order valence-corrected chi connectivity index (χ0v) is 18.0. The van der Waals surface area contributed by atoms with E-state index in [1.807, 2.05) is 35.2 Å². The van der Waals surface area contributed by atoms with Crippen molar-refractivity contribution in [2.45, 2.75) is 24.9 Å². The van der Waals surface area contributed by atoms with Crippen LogP contribution in [-0.4, -0.2) is 67.2 Å². The average molecular weight is 441 g/mol. The molecular weight excluding hydrogens is 411 g/mol. The molecule has 0 aliphatic carbocycles. The molecule has 2 fully saturated rings. The highest BCUT2D eigenvalue weighted by Gasteiger charge is 2.34. The fourth-order valence-electron chi connectivity index (χ4n) is 4.29. The largest absolute Gasteiger partial charge is 0.378 e. The summed E-state index contributed by atoms with van der Waals surface area (Å²) in [6.07, 6.45) is 1.49. The van der Waals surface area contributed by atoms with Crippen molar-refractivity contribution in [3.05, 3.63) is 66.0 Å². The van der Waals surface area contributed by atoms with Gasteiger partial charge >= 0.3 is 6.03 Å². The van der Waals surface area contributed by atoms with Crippen LogP contribution in [0, 0.1) is 5.82 Å². The maximum atomic E-state index is 13.4. The van der Waals surface area contributed by atoms with E-state index < -0.39 is 0 Å². The molecule has 2 aromatic rings. The van der Waals surface area contributed by atoms with Gasteiger partial charge in [0, 0.05) is 37.9 Å². The Bertz CT molecular complexity index is 895. The lowest BCUT2D eigenvalue weighted by Gasteiger charge is -2.40. The van der Waals surface area contributed by atoms with Crippen molar-refractivity contribution in [3.8, 4) is 0 Å². The SMILES string of the molecule is O=C(Nc1ccc(F)cc1)NC1CCN([C@H](C(=O)N2CCOCC2)c2ccccc2)CC1. The van der Waals surface area contributed by atoms with Crippen LogP contribution in [0.5, 0.6) is 0 Å². The zero-order chi connectivity index (χ0) is 22.3. The molecule has 2 aromatic carbocycles. The van der Waals surface area contributed by atoms with Crippen LogP contribution in [0.2, 0.25) is 0 Å². The van der Waals surface area contributed by atoms with Crippen LogP contribution in [0.25, 0.3) is 0 Å². The predicted molar refractivity (Wildman–Crippen MR) is 120 cm³/mol. The number of urea groups is 1. The predicted octanol–water partition coefficient (Wildman–Crippen LogP) is 3.01. The van der Waals surface area contributed by atoms with Crippen molar-refractivity contribution in [2.75, 3.05) is 44.7 Å². The van der Waals surface area contributed by atoms with E-state index in [2.05, 4.69) is 15.5 Å². The quantitative estimate of drug-likeness (QED) is 0.750. The first-order valence-corrected chi connectivity index (χ1v) is 11.1. The van der Waals surface area contributed by atoms with E-state index in [-0.39, 0.29) is 29.8 Å². The summed E-state index contributed by atoms with van der Waals surface area (Å²) >= 11 is 0. The van der Waals surface area contributed by atoms with Crippen LogP contribution in [0.3, 0.4) is 0 Å². The van der Waals surface area contributed by atoms with Crippen molar-refractivity contribution in [1.82, 2.24) is 15.1 Å². The molecule has 4 rings (SSSR count). The number of nitrogens with one attached hydrogen (secondary N) is 2. The number of benzene rings is 2. The Labute approximate surface area is 187 Å². The minimum absolute atomic E-state index is 0.0154. The number of ether oxygens (including phenoxy) is 1. The number of likely N-dealkylation sites (tertiary alicyclic amines) is 1. The number of halogens is 1. The summed E-state index contributed by atoms with van der Waals surface area (Å²) in [7, 11) is 0. The first kappa shape index (κ1) is 22.2. The van der Waals surface area contributed by atoms with Gasteiger partial charge in [-0.25, -0.2) is 9.18 Å². The highest BCUT2D eigenvalue weighted by atomic mass is 19.1. The smallest absolute Gasteiger partial charge is 0.319 e. The van der Waals surface area contributed by atoms with Crippen molar-refractivity contribution in [3.63, 3.8) is 0 Å². The second-order valence-electron chi connectivity index (χ2n) is 8.17. The first-order valence-electron chi connectivity index (χ1n) is 11.1. The summed E-state index contributed by atoms with van der Waals surface area (Å²) in [4.78, 5) is 29.8. The van der Waals surface area contributed by atoms with Gasteiger partial charge in [-0.15, -0.1) is 0 Å². The van der Waals surface area contributed by atoms with Crippen molar-refractivity contribution >= 4 is 17.6 Å². The number of hydrogen-bond donors (Lipinski definition) is 2. The molecule has 2 heterocycles.